The standard InChI is InChI=1S/C18H29NO2/c1-4-21-18(9-11-20-12-10-18)17(19)13-15-5-7-16(8-6-15)14(2)3/h5-8,14,17H,4,9-13,19H2,1-3H3. The van der Waals surface area contributed by atoms with Crippen molar-refractivity contribution in [2.45, 2.75) is 57.6 Å². The zero-order chi connectivity index (χ0) is 15.3. The highest BCUT2D eigenvalue weighted by Gasteiger charge is 2.39. The minimum absolute atomic E-state index is 0.0197. The summed E-state index contributed by atoms with van der Waals surface area (Å²) in [6.07, 6.45) is 2.65. The van der Waals surface area contributed by atoms with E-state index in [2.05, 4.69) is 38.1 Å². The van der Waals surface area contributed by atoms with Crippen molar-refractivity contribution in [1.82, 2.24) is 0 Å². The topological polar surface area (TPSA) is 44.5 Å². The molecule has 1 unspecified atom stereocenters. The quantitative estimate of drug-likeness (QED) is 0.875. The molecule has 0 spiro atoms. The second kappa shape index (κ2) is 7.39. The molecule has 0 saturated carbocycles. The minimum atomic E-state index is -0.219. The zero-order valence-corrected chi connectivity index (χ0v) is 13.6. The fraction of sp³-hybridized carbons (Fsp3) is 0.667. The fourth-order valence-corrected chi connectivity index (χ4v) is 3.11. The van der Waals surface area contributed by atoms with E-state index in [4.69, 9.17) is 15.2 Å². The first kappa shape index (κ1) is 16.5. The Morgan fingerprint density at radius 3 is 2.33 bits per heavy atom. The molecule has 0 radical (unpaired) electrons. The lowest BCUT2D eigenvalue weighted by Crippen LogP contribution is -2.54. The van der Waals surface area contributed by atoms with Crippen molar-refractivity contribution in [2.75, 3.05) is 19.8 Å². The molecule has 1 fully saturated rings. The summed E-state index contributed by atoms with van der Waals surface area (Å²) in [4.78, 5) is 0. The maximum absolute atomic E-state index is 6.52. The van der Waals surface area contributed by atoms with Crippen molar-refractivity contribution in [1.29, 1.82) is 0 Å². The van der Waals surface area contributed by atoms with Crippen LogP contribution in [0.25, 0.3) is 0 Å². The maximum atomic E-state index is 6.52. The van der Waals surface area contributed by atoms with Crippen molar-refractivity contribution < 1.29 is 9.47 Å². The molecule has 0 aliphatic carbocycles. The van der Waals surface area contributed by atoms with Crippen LogP contribution in [0.3, 0.4) is 0 Å². The second-order valence-corrected chi connectivity index (χ2v) is 6.32. The summed E-state index contributed by atoms with van der Waals surface area (Å²) in [6.45, 7) is 8.68. The van der Waals surface area contributed by atoms with Gasteiger partial charge in [-0.1, -0.05) is 38.1 Å². The smallest absolute Gasteiger partial charge is 0.0879 e. The average Bonchev–Trinajstić information content (AvgIpc) is 2.49. The largest absolute Gasteiger partial charge is 0.381 e. The number of hydrogen-bond acceptors (Lipinski definition) is 3. The van der Waals surface area contributed by atoms with Gasteiger partial charge in [-0.15, -0.1) is 0 Å². The number of ether oxygens (including phenoxy) is 2. The lowest BCUT2D eigenvalue weighted by Gasteiger charge is -2.41. The van der Waals surface area contributed by atoms with Crippen molar-refractivity contribution in [3.8, 4) is 0 Å². The van der Waals surface area contributed by atoms with E-state index in [-0.39, 0.29) is 11.6 Å². The molecule has 1 atom stereocenters. The van der Waals surface area contributed by atoms with Gasteiger partial charge in [0, 0.05) is 38.7 Å². The third kappa shape index (κ3) is 4.06. The molecular formula is C18H29NO2. The van der Waals surface area contributed by atoms with Gasteiger partial charge in [-0.3, -0.25) is 0 Å². The summed E-state index contributed by atoms with van der Waals surface area (Å²) >= 11 is 0. The normalized spacial score (nSPS) is 19.7. The van der Waals surface area contributed by atoms with Crippen LogP contribution in [0.2, 0.25) is 0 Å². The number of benzene rings is 1. The Morgan fingerprint density at radius 1 is 1.19 bits per heavy atom. The number of nitrogens with two attached hydrogens (primary N) is 1. The Labute approximate surface area is 128 Å². The molecule has 118 valence electrons. The van der Waals surface area contributed by atoms with Gasteiger partial charge in [-0.2, -0.15) is 0 Å². The third-order valence-corrected chi connectivity index (χ3v) is 4.55. The molecule has 0 amide bonds. The zero-order valence-electron chi connectivity index (χ0n) is 13.6. The van der Waals surface area contributed by atoms with E-state index in [1.54, 1.807) is 0 Å². The first-order chi connectivity index (χ1) is 10.1. The summed E-state index contributed by atoms with van der Waals surface area (Å²) in [5.41, 5.74) is 8.96. The van der Waals surface area contributed by atoms with Crippen molar-refractivity contribution >= 4 is 0 Å². The van der Waals surface area contributed by atoms with Crippen molar-refractivity contribution in [3.63, 3.8) is 0 Å². The lowest BCUT2D eigenvalue weighted by molar-refractivity contribution is -0.120. The highest BCUT2D eigenvalue weighted by molar-refractivity contribution is 5.25. The molecule has 0 aromatic heterocycles. The fourth-order valence-electron chi connectivity index (χ4n) is 3.11. The van der Waals surface area contributed by atoms with Gasteiger partial charge in [-0.25, -0.2) is 0 Å². The van der Waals surface area contributed by atoms with E-state index in [9.17, 15) is 0 Å². The Kier molecular flexibility index (Phi) is 5.80. The molecule has 2 N–H and O–H groups in total. The van der Waals surface area contributed by atoms with Gasteiger partial charge < -0.3 is 15.2 Å². The van der Waals surface area contributed by atoms with Crippen molar-refractivity contribution in [2.24, 2.45) is 5.73 Å². The van der Waals surface area contributed by atoms with Crippen LogP contribution in [0.15, 0.2) is 24.3 Å². The minimum Gasteiger partial charge on any atom is -0.381 e. The van der Waals surface area contributed by atoms with Gasteiger partial charge in [0.15, 0.2) is 0 Å². The van der Waals surface area contributed by atoms with E-state index < -0.39 is 0 Å². The Morgan fingerprint density at radius 2 is 1.81 bits per heavy atom. The van der Waals surface area contributed by atoms with Crippen LogP contribution in [0, 0.1) is 0 Å². The lowest BCUT2D eigenvalue weighted by atomic mass is 9.83. The predicted octanol–water partition coefficient (Wildman–Crippen LogP) is 3.27. The molecule has 3 nitrogen and oxygen atoms in total. The molecule has 21 heavy (non-hydrogen) atoms. The molecular weight excluding hydrogens is 262 g/mol. The van der Waals surface area contributed by atoms with Crippen LogP contribution in [0.1, 0.15) is 50.7 Å². The van der Waals surface area contributed by atoms with E-state index in [0.29, 0.717) is 12.5 Å². The summed E-state index contributed by atoms with van der Waals surface area (Å²) in [5.74, 6) is 0.568. The predicted molar refractivity (Wildman–Crippen MR) is 86.6 cm³/mol. The van der Waals surface area contributed by atoms with Crippen LogP contribution in [0.5, 0.6) is 0 Å². The maximum Gasteiger partial charge on any atom is 0.0879 e. The van der Waals surface area contributed by atoms with E-state index in [0.717, 1.165) is 32.5 Å². The third-order valence-electron chi connectivity index (χ3n) is 4.55. The first-order valence-corrected chi connectivity index (χ1v) is 8.13. The average molecular weight is 291 g/mol. The van der Waals surface area contributed by atoms with Crippen LogP contribution in [-0.4, -0.2) is 31.5 Å². The molecule has 1 saturated heterocycles. The monoisotopic (exact) mass is 291 g/mol. The molecule has 0 bridgehead atoms. The van der Waals surface area contributed by atoms with Gasteiger partial charge in [0.1, 0.15) is 0 Å². The van der Waals surface area contributed by atoms with Crippen LogP contribution < -0.4 is 5.73 Å². The molecule has 2 rings (SSSR count). The van der Waals surface area contributed by atoms with Crippen molar-refractivity contribution in [3.05, 3.63) is 35.4 Å². The summed E-state index contributed by atoms with van der Waals surface area (Å²) in [6, 6.07) is 8.85. The molecule has 1 aromatic carbocycles. The van der Waals surface area contributed by atoms with Gasteiger partial charge in [-0.05, 0) is 30.4 Å². The molecule has 1 aliphatic heterocycles. The van der Waals surface area contributed by atoms with Gasteiger partial charge in [0.05, 0.1) is 5.60 Å². The van der Waals surface area contributed by atoms with Gasteiger partial charge in [0.25, 0.3) is 0 Å². The van der Waals surface area contributed by atoms with Gasteiger partial charge >= 0.3 is 0 Å². The van der Waals surface area contributed by atoms with Crippen LogP contribution >= 0.6 is 0 Å². The molecule has 3 heteroatoms. The summed E-state index contributed by atoms with van der Waals surface area (Å²) in [7, 11) is 0. The van der Waals surface area contributed by atoms with Crippen LogP contribution in [0.4, 0.5) is 0 Å². The second-order valence-electron chi connectivity index (χ2n) is 6.32. The Hall–Kier alpha value is -0.900. The number of hydrogen-bond donors (Lipinski definition) is 1. The van der Waals surface area contributed by atoms with E-state index in [1.807, 2.05) is 6.92 Å². The van der Waals surface area contributed by atoms with Gasteiger partial charge in [0.2, 0.25) is 0 Å². The Balaban J connectivity index is 2.05. The molecule has 1 heterocycles. The molecule has 1 aliphatic rings. The van der Waals surface area contributed by atoms with E-state index >= 15 is 0 Å². The number of rotatable bonds is 6. The highest BCUT2D eigenvalue weighted by atomic mass is 16.5. The Bertz CT molecular complexity index is 416. The SMILES string of the molecule is CCOC1(C(N)Cc2ccc(C(C)C)cc2)CCOCC1. The summed E-state index contributed by atoms with van der Waals surface area (Å²) < 4.78 is 11.5. The van der Waals surface area contributed by atoms with Crippen LogP contribution in [-0.2, 0) is 15.9 Å². The molecule has 1 aromatic rings. The highest BCUT2D eigenvalue weighted by Crippen LogP contribution is 2.30. The summed E-state index contributed by atoms with van der Waals surface area (Å²) in [5, 5.41) is 0. The van der Waals surface area contributed by atoms with E-state index in [1.165, 1.54) is 11.1 Å². The first-order valence-electron chi connectivity index (χ1n) is 8.13.